The van der Waals surface area contributed by atoms with Crippen LogP contribution in [0.4, 0.5) is 23.2 Å². The zero-order valence-electron chi connectivity index (χ0n) is 14.7. The smallest absolute Gasteiger partial charge is 0.387 e. The van der Waals surface area contributed by atoms with Crippen LogP contribution in [0.1, 0.15) is 11.1 Å². The summed E-state index contributed by atoms with van der Waals surface area (Å²) in [6.45, 7) is -3.08. The van der Waals surface area contributed by atoms with E-state index in [-0.39, 0.29) is 39.8 Å². The van der Waals surface area contributed by atoms with E-state index in [1.54, 1.807) is 0 Å². The third-order valence-corrected chi connectivity index (χ3v) is 3.66. The second kappa shape index (κ2) is 8.52. The SMILES string of the molecule is COc1cc(C(=C(F)F)c2ccc(OC(F)F)c(N)c2)cc(OC)c1OC. The maximum atomic E-state index is 13.7. The van der Waals surface area contributed by atoms with E-state index in [4.69, 9.17) is 19.9 Å². The molecule has 0 aliphatic carbocycles. The monoisotopic (exact) mass is 387 g/mol. The fourth-order valence-corrected chi connectivity index (χ4v) is 2.52. The summed E-state index contributed by atoms with van der Waals surface area (Å²) in [5.41, 5.74) is 5.04. The Morgan fingerprint density at radius 3 is 1.85 bits per heavy atom. The van der Waals surface area contributed by atoms with Gasteiger partial charge in [0.1, 0.15) is 5.75 Å². The molecule has 0 aliphatic rings. The van der Waals surface area contributed by atoms with Gasteiger partial charge in [0.25, 0.3) is 6.08 Å². The molecule has 27 heavy (non-hydrogen) atoms. The van der Waals surface area contributed by atoms with Crippen LogP contribution in [0.15, 0.2) is 36.4 Å². The van der Waals surface area contributed by atoms with Gasteiger partial charge in [-0.15, -0.1) is 0 Å². The maximum Gasteiger partial charge on any atom is 0.387 e. The average Bonchev–Trinajstić information content (AvgIpc) is 2.62. The normalized spacial score (nSPS) is 10.5. The van der Waals surface area contributed by atoms with Crippen molar-refractivity contribution in [1.82, 2.24) is 0 Å². The first kappa shape index (κ1) is 20.2. The van der Waals surface area contributed by atoms with Gasteiger partial charge in [0.05, 0.1) is 32.6 Å². The van der Waals surface area contributed by atoms with Crippen molar-refractivity contribution in [3.63, 3.8) is 0 Å². The van der Waals surface area contributed by atoms with E-state index in [1.165, 1.54) is 39.5 Å². The van der Waals surface area contributed by atoms with Crippen LogP contribution in [0, 0.1) is 0 Å². The minimum Gasteiger partial charge on any atom is -0.493 e. The number of benzene rings is 2. The van der Waals surface area contributed by atoms with Crippen molar-refractivity contribution >= 4 is 11.3 Å². The zero-order valence-corrected chi connectivity index (χ0v) is 14.7. The lowest BCUT2D eigenvalue weighted by atomic mass is 9.97. The summed E-state index contributed by atoms with van der Waals surface area (Å²) in [6.07, 6.45) is -2.01. The van der Waals surface area contributed by atoms with Gasteiger partial charge >= 0.3 is 6.61 Å². The van der Waals surface area contributed by atoms with Crippen molar-refractivity contribution < 1.29 is 36.5 Å². The third-order valence-electron chi connectivity index (χ3n) is 3.66. The van der Waals surface area contributed by atoms with Gasteiger partial charge in [-0.1, -0.05) is 6.07 Å². The summed E-state index contributed by atoms with van der Waals surface area (Å²) < 4.78 is 71.9. The number of hydrogen-bond acceptors (Lipinski definition) is 5. The van der Waals surface area contributed by atoms with Crippen LogP contribution >= 0.6 is 0 Å². The first-order valence-electron chi connectivity index (χ1n) is 7.52. The summed E-state index contributed by atoms with van der Waals surface area (Å²) in [4.78, 5) is 0. The number of alkyl halides is 2. The number of methoxy groups -OCH3 is 3. The molecule has 0 aliphatic heterocycles. The molecule has 2 rings (SSSR count). The molecule has 0 amide bonds. The molecule has 5 nitrogen and oxygen atoms in total. The molecule has 9 heteroatoms. The highest BCUT2D eigenvalue weighted by Crippen LogP contribution is 2.42. The number of anilines is 1. The van der Waals surface area contributed by atoms with Gasteiger partial charge in [-0.25, -0.2) is 0 Å². The van der Waals surface area contributed by atoms with E-state index in [1.807, 2.05) is 0 Å². The summed E-state index contributed by atoms with van der Waals surface area (Å²) in [7, 11) is 4.09. The number of ether oxygens (including phenoxy) is 4. The van der Waals surface area contributed by atoms with Gasteiger partial charge in [0.2, 0.25) is 5.75 Å². The molecule has 0 spiro atoms. The molecule has 0 aromatic heterocycles. The Morgan fingerprint density at radius 1 is 0.852 bits per heavy atom. The van der Waals surface area contributed by atoms with Crippen LogP contribution < -0.4 is 24.7 Å². The topological polar surface area (TPSA) is 62.9 Å². The quantitative estimate of drug-likeness (QED) is 0.558. The van der Waals surface area contributed by atoms with Crippen molar-refractivity contribution in [2.24, 2.45) is 0 Å². The van der Waals surface area contributed by atoms with Crippen molar-refractivity contribution in [3.8, 4) is 23.0 Å². The van der Waals surface area contributed by atoms with Crippen LogP contribution in [-0.4, -0.2) is 27.9 Å². The van der Waals surface area contributed by atoms with E-state index in [2.05, 4.69) is 4.74 Å². The molecular formula is C18H17F4NO4. The highest BCUT2D eigenvalue weighted by atomic mass is 19.3. The highest BCUT2D eigenvalue weighted by molar-refractivity contribution is 5.84. The Balaban J connectivity index is 2.60. The minimum absolute atomic E-state index is 0.00314. The molecule has 0 saturated heterocycles. The number of nitrogens with two attached hydrogens (primary N) is 1. The highest BCUT2D eigenvalue weighted by Gasteiger charge is 2.20. The zero-order chi connectivity index (χ0) is 20.1. The van der Waals surface area contributed by atoms with E-state index in [9.17, 15) is 17.6 Å². The van der Waals surface area contributed by atoms with Gasteiger partial charge in [0, 0.05) is 0 Å². The number of nitrogen functional groups attached to an aromatic ring is 1. The second-order valence-corrected chi connectivity index (χ2v) is 5.18. The van der Waals surface area contributed by atoms with E-state index < -0.39 is 18.3 Å². The van der Waals surface area contributed by atoms with Crippen LogP contribution in [0.5, 0.6) is 23.0 Å². The molecule has 2 aromatic rings. The summed E-state index contributed by atoms with van der Waals surface area (Å²) in [5.74, 6) is 0.285. The van der Waals surface area contributed by atoms with Crippen LogP contribution in [-0.2, 0) is 0 Å². The first-order chi connectivity index (χ1) is 12.8. The number of halogens is 4. The second-order valence-electron chi connectivity index (χ2n) is 5.18. The lowest BCUT2D eigenvalue weighted by molar-refractivity contribution is -0.0493. The Labute approximate surface area is 152 Å². The summed E-state index contributed by atoms with van der Waals surface area (Å²) in [5, 5.41) is 0. The molecule has 0 radical (unpaired) electrons. The third kappa shape index (κ3) is 4.36. The van der Waals surface area contributed by atoms with Crippen LogP contribution in [0.2, 0.25) is 0 Å². The maximum absolute atomic E-state index is 13.7. The Hall–Kier alpha value is -3.10. The van der Waals surface area contributed by atoms with Crippen molar-refractivity contribution in [1.29, 1.82) is 0 Å². The molecule has 0 atom stereocenters. The molecule has 0 heterocycles. The molecule has 0 fully saturated rings. The molecule has 0 unspecified atom stereocenters. The molecule has 0 saturated carbocycles. The van der Waals surface area contributed by atoms with Crippen molar-refractivity contribution in [2.45, 2.75) is 6.61 Å². The van der Waals surface area contributed by atoms with E-state index >= 15 is 0 Å². The molecule has 2 aromatic carbocycles. The Kier molecular flexibility index (Phi) is 6.38. The van der Waals surface area contributed by atoms with Crippen LogP contribution in [0.3, 0.4) is 0 Å². The van der Waals surface area contributed by atoms with Crippen LogP contribution in [0.25, 0.3) is 5.57 Å². The molecule has 2 N–H and O–H groups in total. The largest absolute Gasteiger partial charge is 0.493 e. The number of rotatable bonds is 7. The van der Waals surface area contributed by atoms with Gasteiger partial charge in [0.15, 0.2) is 11.5 Å². The van der Waals surface area contributed by atoms with Gasteiger partial charge in [-0.3, -0.25) is 0 Å². The predicted molar refractivity (Wildman–Crippen MR) is 91.8 cm³/mol. The fourth-order valence-electron chi connectivity index (χ4n) is 2.52. The van der Waals surface area contributed by atoms with Crippen molar-refractivity contribution in [3.05, 3.63) is 47.5 Å². The standard InChI is InChI=1S/C18H17F4NO4/c1-24-13-7-10(8-14(25-2)16(13)26-3)15(17(19)20)9-4-5-12(11(23)6-9)27-18(21)22/h4-8,18H,23H2,1-3H3. The average molecular weight is 387 g/mol. The lowest BCUT2D eigenvalue weighted by Gasteiger charge is -2.16. The predicted octanol–water partition coefficient (Wildman–Crippen LogP) is 4.55. The molecular weight excluding hydrogens is 370 g/mol. The lowest BCUT2D eigenvalue weighted by Crippen LogP contribution is -2.05. The Bertz CT molecular complexity index is 826. The first-order valence-corrected chi connectivity index (χ1v) is 7.52. The summed E-state index contributed by atoms with van der Waals surface area (Å²) in [6, 6.07) is 6.10. The number of hydrogen-bond donors (Lipinski definition) is 1. The minimum atomic E-state index is -3.08. The fraction of sp³-hybridized carbons (Fsp3) is 0.222. The molecule has 146 valence electrons. The Morgan fingerprint density at radius 2 is 1.44 bits per heavy atom. The van der Waals surface area contributed by atoms with Gasteiger partial charge in [-0.2, -0.15) is 17.6 Å². The van der Waals surface area contributed by atoms with E-state index in [0.717, 1.165) is 12.1 Å². The van der Waals surface area contributed by atoms with Gasteiger partial charge < -0.3 is 24.7 Å². The summed E-state index contributed by atoms with van der Waals surface area (Å²) >= 11 is 0. The molecule has 0 bridgehead atoms. The van der Waals surface area contributed by atoms with Gasteiger partial charge in [-0.05, 0) is 35.4 Å². The van der Waals surface area contributed by atoms with Crippen molar-refractivity contribution in [2.75, 3.05) is 27.1 Å². The van der Waals surface area contributed by atoms with E-state index in [0.29, 0.717) is 0 Å².